The summed E-state index contributed by atoms with van der Waals surface area (Å²) >= 11 is 0. The molecule has 0 fully saturated rings. The molecule has 5 nitrogen and oxygen atoms in total. The van der Waals surface area contributed by atoms with Crippen LogP contribution >= 0.6 is 0 Å². The van der Waals surface area contributed by atoms with E-state index in [0.717, 1.165) is 29.7 Å². The average molecular weight is 458 g/mol. The Morgan fingerprint density at radius 2 is 1.68 bits per heavy atom. The van der Waals surface area contributed by atoms with E-state index < -0.39 is 5.97 Å². The van der Waals surface area contributed by atoms with Gasteiger partial charge in [-0.15, -0.1) is 0 Å². The maximum atomic E-state index is 13.4. The van der Waals surface area contributed by atoms with Gasteiger partial charge in [0.1, 0.15) is 11.4 Å². The first-order chi connectivity index (χ1) is 16.3. The van der Waals surface area contributed by atoms with Gasteiger partial charge in [0.2, 0.25) is 0 Å². The van der Waals surface area contributed by atoms with Crippen LogP contribution in [0.1, 0.15) is 52.9 Å². The summed E-state index contributed by atoms with van der Waals surface area (Å²) in [7, 11) is 0. The minimum atomic E-state index is -0.920. The van der Waals surface area contributed by atoms with E-state index in [1.807, 2.05) is 42.5 Å². The zero-order valence-corrected chi connectivity index (χ0v) is 19.8. The van der Waals surface area contributed by atoms with Crippen LogP contribution in [0.15, 0.2) is 72.8 Å². The summed E-state index contributed by atoms with van der Waals surface area (Å²) in [6.07, 6.45) is 2.42. The van der Waals surface area contributed by atoms with Crippen molar-refractivity contribution >= 4 is 11.9 Å². The van der Waals surface area contributed by atoms with E-state index in [9.17, 15) is 9.59 Å². The summed E-state index contributed by atoms with van der Waals surface area (Å²) in [6.45, 7) is 4.78. The van der Waals surface area contributed by atoms with Gasteiger partial charge in [-0.1, -0.05) is 61.5 Å². The number of amides is 1. The summed E-state index contributed by atoms with van der Waals surface area (Å²) in [5, 5.41) is 9.16. The summed E-state index contributed by atoms with van der Waals surface area (Å²) in [4.78, 5) is 26.1. The fourth-order valence-corrected chi connectivity index (χ4v) is 4.55. The van der Waals surface area contributed by atoms with Crippen molar-refractivity contribution < 1.29 is 19.4 Å². The Kier molecular flexibility index (Phi) is 7.01. The number of nitrogens with zero attached hydrogens (tertiary/aromatic N) is 1. The fourth-order valence-electron chi connectivity index (χ4n) is 4.55. The van der Waals surface area contributed by atoms with Crippen LogP contribution in [0.2, 0.25) is 0 Å². The van der Waals surface area contributed by atoms with Crippen LogP contribution in [0, 0.1) is 0 Å². The second-order valence-corrected chi connectivity index (χ2v) is 9.25. The lowest BCUT2D eigenvalue weighted by Crippen LogP contribution is -2.33. The molecule has 4 rings (SSSR count). The number of carboxylic acids is 1. The van der Waals surface area contributed by atoms with Crippen molar-refractivity contribution in [2.75, 3.05) is 6.54 Å². The smallest absolute Gasteiger partial charge is 0.305 e. The molecule has 0 aromatic heterocycles. The van der Waals surface area contributed by atoms with Crippen molar-refractivity contribution in [2.45, 2.75) is 51.7 Å². The molecule has 0 spiro atoms. The van der Waals surface area contributed by atoms with Gasteiger partial charge < -0.3 is 14.7 Å². The average Bonchev–Trinajstić information content (AvgIpc) is 3.17. The fraction of sp³-hybridized carbons (Fsp3) is 0.310. The van der Waals surface area contributed by atoms with Crippen LogP contribution in [0.4, 0.5) is 0 Å². The molecular weight excluding hydrogens is 426 g/mol. The number of aliphatic carboxylic acids is 1. The zero-order valence-electron chi connectivity index (χ0n) is 19.8. The van der Waals surface area contributed by atoms with E-state index in [4.69, 9.17) is 9.84 Å². The van der Waals surface area contributed by atoms with Crippen LogP contribution in [0.5, 0.6) is 5.75 Å². The van der Waals surface area contributed by atoms with Gasteiger partial charge in [0.05, 0.1) is 6.42 Å². The number of carbonyl (C=O) groups excluding carboxylic acids is 1. The Labute approximate surface area is 201 Å². The van der Waals surface area contributed by atoms with E-state index in [1.54, 1.807) is 11.0 Å². The zero-order chi connectivity index (χ0) is 24.1. The van der Waals surface area contributed by atoms with Crippen LogP contribution < -0.4 is 4.74 Å². The maximum Gasteiger partial charge on any atom is 0.305 e. The molecule has 1 aliphatic rings. The Bertz CT molecular complexity index is 1160. The molecule has 1 heterocycles. The third-order valence-electron chi connectivity index (χ3n) is 6.34. The van der Waals surface area contributed by atoms with E-state index in [2.05, 4.69) is 38.1 Å². The summed E-state index contributed by atoms with van der Waals surface area (Å²) in [6, 6.07) is 23.8. The number of carbonyl (C=O) groups is 2. The van der Waals surface area contributed by atoms with Gasteiger partial charge in [-0.05, 0) is 53.8 Å². The van der Waals surface area contributed by atoms with Crippen molar-refractivity contribution in [3.8, 4) is 5.75 Å². The van der Waals surface area contributed by atoms with Gasteiger partial charge in [0, 0.05) is 31.5 Å². The van der Waals surface area contributed by atoms with Gasteiger partial charge in [-0.25, -0.2) is 0 Å². The number of benzene rings is 3. The van der Waals surface area contributed by atoms with Gasteiger partial charge in [-0.2, -0.15) is 0 Å². The first-order valence-corrected chi connectivity index (χ1v) is 11.8. The van der Waals surface area contributed by atoms with Gasteiger partial charge in [0.25, 0.3) is 5.91 Å². The lowest BCUT2D eigenvalue weighted by molar-refractivity contribution is -0.137. The number of ether oxygens (including phenoxy) is 1. The van der Waals surface area contributed by atoms with Crippen LogP contribution in [0.25, 0.3) is 0 Å². The molecule has 5 heteroatoms. The van der Waals surface area contributed by atoms with E-state index in [0.29, 0.717) is 18.5 Å². The highest BCUT2D eigenvalue weighted by Gasteiger charge is 2.35. The maximum absolute atomic E-state index is 13.4. The van der Waals surface area contributed by atoms with Gasteiger partial charge >= 0.3 is 5.97 Å². The third kappa shape index (κ3) is 5.66. The molecule has 1 aliphatic heterocycles. The second kappa shape index (κ2) is 10.1. The molecule has 0 unspecified atom stereocenters. The molecule has 3 aromatic rings. The lowest BCUT2D eigenvalue weighted by atomic mass is 9.91. The monoisotopic (exact) mass is 457 g/mol. The molecule has 0 aliphatic carbocycles. The first-order valence-electron chi connectivity index (χ1n) is 11.8. The molecule has 3 aromatic carbocycles. The largest absolute Gasteiger partial charge is 0.487 e. The highest BCUT2D eigenvalue weighted by atomic mass is 16.5. The molecule has 1 amide bonds. The lowest BCUT2D eigenvalue weighted by Gasteiger charge is -2.24. The van der Waals surface area contributed by atoms with Gasteiger partial charge in [-0.3, -0.25) is 9.59 Å². The predicted octanol–water partition coefficient (Wildman–Crippen LogP) is 5.30. The van der Waals surface area contributed by atoms with Crippen LogP contribution in [0.3, 0.4) is 0 Å². The highest BCUT2D eigenvalue weighted by Crippen LogP contribution is 2.37. The molecule has 0 saturated heterocycles. The Hall–Kier alpha value is -3.60. The first kappa shape index (κ1) is 23.6. The molecule has 0 saturated carbocycles. The van der Waals surface area contributed by atoms with Crippen molar-refractivity contribution in [1.29, 1.82) is 0 Å². The van der Waals surface area contributed by atoms with E-state index in [1.165, 1.54) is 11.1 Å². The minimum absolute atomic E-state index is 0.0957. The summed E-state index contributed by atoms with van der Waals surface area (Å²) in [5.74, 6) is -0.281. The van der Waals surface area contributed by atoms with Gasteiger partial charge in [0.15, 0.2) is 0 Å². The summed E-state index contributed by atoms with van der Waals surface area (Å²) < 4.78 is 6.32. The number of aryl methyl sites for hydroxylation is 1. The molecular formula is C29H31NO4. The van der Waals surface area contributed by atoms with Crippen molar-refractivity contribution in [3.63, 3.8) is 0 Å². The second-order valence-electron chi connectivity index (χ2n) is 9.25. The number of hydrogen-bond donors (Lipinski definition) is 1. The van der Waals surface area contributed by atoms with Crippen molar-refractivity contribution in [2.24, 2.45) is 0 Å². The molecule has 176 valence electrons. The molecule has 1 N–H and O–H groups in total. The number of carboxylic acid groups (broad SMARTS) is 1. The topological polar surface area (TPSA) is 66.8 Å². The quantitative estimate of drug-likeness (QED) is 0.473. The Balaban J connectivity index is 1.50. The van der Waals surface area contributed by atoms with Crippen molar-refractivity contribution in [1.82, 2.24) is 4.90 Å². The normalized spacial score (nSPS) is 16.5. The standard InChI is InChI=1S/C29H31NO4/c1-3-21-9-11-22(12-10-21)18-29(2)19-25-17-24(13-14-26(25)34-29)28(33)30(16-15-27(31)32)20-23-7-5-4-6-8-23/h4-14,17H,3,15-16,18-20H2,1-2H3,(H,31,32)/t29-/m1/s1. The number of rotatable bonds is 9. The summed E-state index contributed by atoms with van der Waals surface area (Å²) in [5.41, 5.74) is 4.70. The number of hydrogen-bond acceptors (Lipinski definition) is 3. The Morgan fingerprint density at radius 1 is 0.971 bits per heavy atom. The SMILES string of the molecule is CCc1ccc(C[C@]2(C)Cc3cc(C(=O)N(CCC(=O)O)Cc4ccccc4)ccc3O2)cc1. The number of fused-ring (bicyclic) bond motifs is 1. The molecule has 0 radical (unpaired) electrons. The molecule has 34 heavy (non-hydrogen) atoms. The molecule has 0 bridgehead atoms. The van der Waals surface area contributed by atoms with E-state index >= 15 is 0 Å². The van der Waals surface area contributed by atoms with Crippen LogP contribution in [-0.2, 0) is 30.6 Å². The van der Waals surface area contributed by atoms with E-state index in [-0.39, 0.29) is 24.5 Å². The van der Waals surface area contributed by atoms with Crippen LogP contribution in [-0.4, -0.2) is 34.0 Å². The highest BCUT2D eigenvalue weighted by molar-refractivity contribution is 5.95. The minimum Gasteiger partial charge on any atom is -0.487 e. The van der Waals surface area contributed by atoms with Crippen molar-refractivity contribution in [3.05, 3.63) is 101 Å². The third-order valence-corrected chi connectivity index (χ3v) is 6.34. The molecule has 1 atom stereocenters. The Morgan fingerprint density at radius 3 is 2.35 bits per heavy atom. The predicted molar refractivity (Wildman–Crippen MR) is 132 cm³/mol.